The molecule has 0 aromatic heterocycles. The maximum Gasteiger partial charge on any atom is 0.339 e. The van der Waals surface area contributed by atoms with Gasteiger partial charge in [0, 0.05) is 6.54 Å². The first-order valence-electron chi connectivity index (χ1n) is 6.13. The minimum Gasteiger partial charge on any atom is -0.480 e. The number of urea groups is 1. The smallest absolute Gasteiger partial charge is 0.339 e. The number of halogens is 1. The predicted octanol–water partition coefficient (Wildman–Crippen LogP) is 1.14. The van der Waals surface area contributed by atoms with Gasteiger partial charge in [-0.05, 0) is 32.0 Å². The molecule has 0 aliphatic rings. The molecule has 7 nitrogen and oxygen atoms in total. The van der Waals surface area contributed by atoms with Crippen LogP contribution in [0.2, 0.25) is 0 Å². The number of carbonyl (C=O) groups is 3. The van der Waals surface area contributed by atoms with E-state index in [1.165, 1.54) is 6.92 Å². The number of amides is 3. The summed E-state index contributed by atoms with van der Waals surface area (Å²) in [6.45, 7) is 3.36. The van der Waals surface area contributed by atoms with Crippen LogP contribution in [0, 0.1) is 5.82 Å². The first-order chi connectivity index (χ1) is 9.85. The van der Waals surface area contributed by atoms with Crippen LogP contribution < -0.4 is 15.4 Å². The van der Waals surface area contributed by atoms with E-state index < -0.39 is 35.4 Å². The Balaban J connectivity index is 2.79. The van der Waals surface area contributed by atoms with Gasteiger partial charge in [-0.3, -0.25) is 10.1 Å². The van der Waals surface area contributed by atoms with Crippen LogP contribution in [-0.4, -0.2) is 35.7 Å². The Morgan fingerprint density at radius 3 is 2.62 bits per heavy atom. The van der Waals surface area contributed by atoms with E-state index in [0.717, 1.165) is 18.2 Å². The Morgan fingerprint density at radius 2 is 2.05 bits per heavy atom. The summed E-state index contributed by atoms with van der Waals surface area (Å²) in [6.07, 6.45) is -1.13. The van der Waals surface area contributed by atoms with Gasteiger partial charge in [0.15, 0.2) is 6.10 Å². The van der Waals surface area contributed by atoms with Crippen LogP contribution in [0.1, 0.15) is 24.2 Å². The van der Waals surface area contributed by atoms with Crippen molar-refractivity contribution in [3.8, 4) is 5.75 Å². The van der Waals surface area contributed by atoms with Gasteiger partial charge in [0.1, 0.15) is 17.1 Å². The second-order valence-electron chi connectivity index (χ2n) is 4.05. The number of hydrogen-bond donors (Lipinski definition) is 3. The van der Waals surface area contributed by atoms with Crippen LogP contribution in [-0.2, 0) is 4.79 Å². The summed E-state index contributed by atoms with van der Waals surface area (Å²) < 4.78 is 18.2. The van der Waals surface area contributed by atoms with Crippen molar-refractivity contribution >= 4 is 17.9 Å². The minimum absolute atomic E-state index is 0.164. The summed E-state index contributed by atoms with van der Waals surface area (Å²) in [5.74, 6) is -3.04. The third-order valence-corrected chi connectivity index (χ3v) is 2.42. The molecule has 1 rings (SSSR count). The Kier molecular flexibility index (Phi) is 5.65. The number of hydrogen-bond acceptors (Lipinski definition) is 4. The minimum atomic E-state index is -1.39. The third kappa shape index (κ3) is 4.75. The normalized spacial score (nSPS) is 11.4. The molecule has 1 aromatic carbocycles. The summed E-state index contributed by atoms with van der Waals surface area (Å²) in [4.78, 5) is 33.8. The average Bonchev–Trinajstić information content (AvgIpc) is 2.40. The number of carboxylic acids is 1. The van der Waals surface area contributed by atoms with Gasteiger partial charge in [0.05, 0.1) is 0 Å². The molecule has 0 saturated heterocycles. The fraction of sp³-hybridized carbons (Fsp3) is 0.308. The van der Waals surface area contributed by atoms with E-state index >= 15 is 0 Å². The number of nitrogens with one attached hydrogen (secondary N) is 2. The van der Waals surface area contributed by atoms with Crippen LogP contribution in [0.5, 0.6) is 5.75 Å². The maximum atomic E-state index is 13.0. The number of imide groups is 1. The highest BCUT2D eigenvalue weighted by Gasteiger charge is 2.20. The molecule has 1 atom stereocenters. The lowest BCUT2D eigenvalue weighted by Crippen LogP contribution is -2.45. The molecule has 3 amide bonds. The largest absolute Gasteiger partial charge is 0.480 e. The lowest BCUT2D eigenvalue weighted by molar-refractivity contribution is -0.126. The Morgan fingerprint density at radius 1 is 1.38 bits per heavy atom. The molecule has 0 radical (unpaired) electrons. The lowest BCUT2D eigenvalue weighted by atomic mass is 10.2. The number of carbonyl (C=O) groups excluding carboxylic acids is 2. The van der Waals surface area contributed by atoms with E-state index in [0.29, 0.717) is 6.54 Å². The molecule has 1 aromatic rings. The van der Waals surface area contributed by atoms with Crippen molar-refractivity contribution in [2.75, 3.05) is 6.54 Å². The van der Waals surface area contributed by atoms with E-state index in [1.807, 2.05) is 5.32 Å². The number of carboxylic acid groups (broad SMARTS) is 1. The summed E-state index contributed by atoms with van der Waals surface area (Å²) in [5, 5.41) is 13.3. The second kappa shape index (κ2) is 7.22. The van der Waals surface area contributed by atoms with Gasteiger partial charge in [-0.1, -0.05) is 0 Å². The fourth-order valence-electron chi connectivity index (χ4n) is 1.43. The van der Waals surface area contributed by atoms with Crippen molar-refractivity contribution in [1.29, 1.82) is 0 Å². The van der Waals surface area contributed by atoms with Crippen molar-refractivity contribution in [2.45, 2.75) is 20.0 Å². The SMILES string of the molecule is CCNC(=O)NC(=O)C(C)Oc1ccc(F)cc1C(=O)O. The van der Waals surface area contributed by atoms with Gasteiger partial charge >= 0.3 is 12.0 Å². The van der Waals surface area contributed by atoms with Crippen LogP contribution >= 0.6 is 0 Å². The number of rotatable bonds is 5. The maximum absolute atomic E-state index is 13.0. The zero-order chi connectivity index (χ0) is 16.0. The number of ether oxygens (including phenoxy) is 1. The van der Waals surface area contributed by atoms with Crippen LogP contribution in [0.15, 0.2) is 18.2 Å². The second-order valence-corrected chi connectivity index (χ2v) is 4.05. The van der Waals surface area contributed by atoms with Gasteiger partial charge < -0.3 is 15.2 Å². The summed E-state index contributed by atoms with van der Waals surface area (Å²) in [6, 6.07) is 2.22. The summed E-state index contributed by atoms with van der Waals surface area (Å²) in [7, 11) is 0. The molecule has 3 N–H and O–H groups in total. The quantitative estimate of drug-likeness (QED) is 0.756. The lowest BCUT2D eigenvalue weighted by Gasteiger charge is -2.15. The molecular weight excluding hydrogens is 283 g/mol. The van der Waals surface area contributed by atoms with Crippen molar-refractivity contribution in [3.63, 3.8) is 0 Å². The highest BCUT2D eigenvalue weighted by molar-refractivity contribution is 5.96. The van der Waals surface area contributed by atoms with Gasteiger partial charge in [0.2, 0.25) is 0 Å². The Bertz CT molecular complexity index is 561. The van der Waals surface area contributed by atoms with Gasteiger partial charge in [-0.2, -0.15) is 0 Å². The van der Waals surface area contributed by atoms with Crippen LogP contribution in [0.3, 0.4) is 0 Å². The summed E-state index contributed by atoms with van der Waals surface area (Å²) in [5.41, 5.74) is -0.410. The average molecular weight is 298 g/mol. The Labute approximate surface area is 120 Å². The van der Waals surface area contributed by atoms with Crippen molar-refractivity contribution in [1.82, 2.24) is 10.6 Å². The van der Waals surface area contributed by atoms with E-state index in [2.05, 4.69) is 5.32 Å². The zero-order valence-corrected chi connectivity index (χ0v) is 11.5. The standard InChI is InChI=1S/C13H15FN2O5/c1-3-15-13(20)16-11(17)7(2)21-10-5-4-8(14)6-9(10)12(18)19/h4-7H,3H2,1-2H3,(H,18,19)(H2,15,16,17,20). The molecule has 114 valence electrons. The highest BCUT2D eigenvalue weighted by atomic mass is 19.1. The molecular formula is C13H15FN2O5. The van der Waals surface area contributed by atoms with Crippen LogP contribution in [0.25, 0.3) is 0 Å². The van der Waals surface area contributed by atoms with E-state index in [4.69, 9.17) is 9.84 Å². The molecule has 1 unspecified atom stereocenters. The molecule has 0 bridgehead atoms. The van der Waals surface area contributed by atoms with Crippen molar-refractivity contribution < 1.29 is 28.6 Å². The Hall–Kier alpha value is -2.64. The molecule has 0 saturated carbocycles. The zero-order valence-electron chi connectivity index (χ0n) is 11.5. The molecule has 0 aliphatic carbocycles. The van der Waals surface area contributed by atoms with Gasteiger partial charge in [-0.25, -0.2) is 14.0 Å². The first kappa shape index (κ1) is 16.4. The highest BCUT2D eigenvalue weighted by Crippen LogP contribution is 2.21. The molecule has 0 heterocycles. The van der Waals surface area contributed by atoms with E-state index in [-0.39, 0.29) is 5.75 Å². The molecule has 0 spiro atoms. The first-order valence-corrected chi connectivity index (χ1v) is 6.13. The summed E-state index contributed by atoms with van der Waals surface area (Å²) >= 11 is 0. The number of benzene rings is 1. The topological polar surface area (TPSA) is 105 Å². The molecule has 0 fully saturated rings. The number of aromatic carboxylic acids is 1. The molecule has 0 aliphatic heterocycles. The molecule has 8 heteroatoms. The fourth-order valence-corrected chi connectivity index (χ4v) is 1.43. The van der Waals surface area contributed by atoms with Gasteiger partial charge in [-0.15, -0.1) is 0 Å². The predicted molar refractivity (Wildman–Crippen MR) is 70.7 cm³/mol. The van der Waals surface area contributed by atoms with Gasteiger partial charge in [0.25, 0.3) is 5.91 Å². The van der Waals surface area contributed by atoms with Crippen LogP contribution in [0.4, 0.5) is 9.18 Å². The molecule has 21 heavy (non-hydrogen) atoms. The third-order valence-electron chi connectivity index (χ3n) is 2.42. The van der Waals surface area contributed by atoms with Crippen molar-refractivity contribution in [2.24, 2.45) is 0 Å². The van der Waals surface area contributed by atoms with Crippen molar-refractivity contribution in [3.05, 3.63) is 29.6 Å². The van der Waals surface area contributed by atoms with E-state index in [1.54, 1.807) is 6.92 Å². The monoisotopic (exact) mass is 298 g/mol. The van der Waals surface area contributed by atoms with E-state index in [9.17, 15) is 18.8 Å².